The number of tetrazole rings is 1. The second-order valence-corrected chi connectivity index (χ2v) is 12.1. The summed E-state index contributed by atoms with van der Waals surface area (Å²) in [6.45, 7) is 1.96. The number of carboxylic acid groups (broad SMARTS) is 1. The number of Topliss-reactive ketones (excluding diaryl/α,β-unsaturated/α-hetero) is 1. The minimum atomic E-state index is -1.28. The summed E-state index contributed by atoms with van der Waals surface area (Å²) in [7, 11) is 1.66. The first-order valence-electron chi connectivity index (χ1n) is 13.0. The van der Waals surface area contributed by atoms with Crippen LogP contribution in [0.15, 0.2) is 40.7 Å². The van der Waals surface area contributed by atoms with Crippen LogP contribution in [0, 0.1) is 5.92 Å². The van der Waals surface area contributed by atoms with Crippen LogP contribution < -0.4 is 16.0 Å². The third kappa shape index (κ3) is 5.84. The van der Waals surface area contributed by atoms with Gasteiger partial charge in [0.25, 0.3) is 5.91 Å². The number of phenols is 1. The number of fused-ring (bicyclic) bond motifs is 1. The Labute approximate surface area is 247 Å². The molecular weight excluding hydrogens is 588 g/mol. The summed E-state index contributed by atoms with van der Waals surface area (Å²) < 4.78 is 1.45. The Bertz CT molecular complexity index is 1460. The third-order valence-electron chi connectivity index (χ3n) is 7.16. The van der Waals surface area contributed by atoms with Crippen molar-refractivity contribution < 1.29 is 34.2 Å². The van der Waals surface area contributed by atoms with E-state index in [9.17, 15) is 34.2 Å². The Morgan fingerprint density at radius 3 is 2.62 bits per heavy atom. The molecule has 3 aliphatic heterocycles. The van der Waals surface area contributed by atoms with E-state index in [0.717, 1.165) is 4.90 Å². The summed E-state index contributed by atoms with van der Waals surface area (Å²) in [6, 6.07) is 3.23. The number of nitrogens with zero attached hydrogens (tertiary/aromatic N) is 5. The predicted octanol–water partition coefficient (Wildman–Crippen LogP) is -0.829. The number of phenolic OH excluding ortho intramolecular Hbond substituents is 1. The van der Waals surface area contributed by atoms with Crippen molar-refractivity contribution in [3.63, 3.8) is 0 Å². The molecule has 1 aromatic carbocycles. The maximum Gasteiger partial charge on any atom is 0.352 e. The molecule has 222 valence electrons. The second-order valence-electron chi connectivity index (χ2n) is 10.1. The number of β-lactam (4-membered cyclic amide) rings is 1. The Hall–Kier alpha value is -3.96. The largest absolute Gasteiger partial charge is 0.508 e. The zero-order valence-corrected chi connectivity index (χ0v) is 24.1. The number of piperidine rings is 1. The summed E-state index contributed by atoms with van der Waals surface area (Å²) in [6.07, 6.45) is 0.175. The first-order valence-corrected chi connectivity index (χ1v) is 15.0. The van der Waals surface area contributed by atoms with Gasteiger partial charge in [-0.3, -0.25) is 24.1 Å². The molecule has 2 aromatic rings. The number of aromatic hydroxyl groups is 1. The monoisotopic (exact) mass is 616 g/mol. The number of aliphatic carboxylic acids is 1. The molecule has 0 saturated carbocycles. The molecule has 0 radical (unpaired) electrons. The molecule has 17 heteroatoms. The first kappa shape index (κ1) is 29.5. The highest BCUT2D eigenvalue weighted by molar-refractivity contribution is 8.01. The van der Waals surface area contributed by atoms with Gasteiger partial charge < -0.3 is 26.2 Å². The van der Waals surface area contributed by atoms with Crippen LogP contribution >= 0.6 is 23.5 Å². The number of aryl methyl sites for hydroxylation is 1. The van der Waals surface area contributed by atoms with E-state index in [1.807, 2.05) is 6.92 Å². The molecule has 0 spiro atoms. The van der Waals surface area contributed by atoms with Gasteiger partial charge in [0, 0.05) is 37.6 Å². The van der Waals surface area contributed by atoms with Gasteiger partial charge >= 0.3 is 5.97 Å². The number of carbonyl (C=O) groups excluding carboxylic acids is 4. The van der Waals surface area contributed by atoms with Crippen molar-refractivity contribution in [3.8, 4) is 5.75 Å². The number of benzene rings is 1. The van der Waals surface area contributed by atoms with Crippen molar-refractivity contribution >= 4 is 53.0 Å². The number of carbonyl (C=O) groups is 5. The Morgan fingerprint density at radius 2 is 1.98 bits per heavy atom. The Kier molecular flexibility index (Phi) is 8.51. The van der Waals surface area contributed by atoms with Crippen molar-refractivity contribution in [3.05, 3.63) is 41.1 Å². The molecule has 0 aliphatic carbocycles. The van der Waals surface area contributed by atoms with Gasteiger partial charge in [-0.15, -0.1) is 16.9 Å². The van der Waals surface area contributed by atoms with Gasteiger partial charge in [0.15, 0.2) is 0 Å². The number of ketones is 1. The number of thioether (sulfide) groups is 2. The quantitative estimate of drug-likeness (QED) is 0.133. The molecule has 2 saturated heterocycles. The van der Waals surface area contributed by atoms with Crippen LogP contribution in [0.4, 0.5) is 0 Å². The number of hydrogen-bond acceptors (Lipinski definition) is 12. The molecule has 3 amide bonds. The van der Waals surface area contributed by atoms with Crippen molar-refractivity contribution in [2.24, 2.45) is 13.0 Å². The molecule has 2 fully saturated rings. The molecule has 42 heavy (non-hydrogen) atoms. The van der Waals surface area contributed by atoms with Gasteiger partial charge in [-0.25, -0.2) is 9.48 Å². The summed E-state index contributed by atoms with van der Waals surface area (Å²) in [4.78, 5) is 65.7. The smallest absolute Gasteiger partial charge is 0.352 e. The van der Waals surface area contributed by atoms with Crippen molar-refractivity contribution in [2.45, 2.75) is 42.0 Å². The zero-order chi connectivity index (χ0) is 30.1. The fourth-order valence-corrected chi connectivity index (χ4v) is 7.26. The number of rotatable bonds is 9. The fraction of sp³-hybridized carbons (Fsp3) is 0.440. The van der Waals surface area contributed by atoms with Gasteiger partial charge in [0.1, 0.15) is 40.6 Å². The minimum absolute atomic E-state index is 0.0503. The van der Waals surface area contributed by atoms with E-state index in [1.54, 1.807) is 7.05 Å². The van der Waals surface area contributed by atoms with Crippen LogP contribution in [0.5, 0.6) is 5.75 Å². The molecule has 1 aromatic heterocycles. The molecule has 3 aliphatic rings. The standard InChI is InChI=1S/C25H28N8O7S2/c1-11-7-16(35)15(8-26-11)20(36)27-17(12-3-5-14(34)6-4-12)21(37)28-18-22(38)33-19(24(39)40)13(9-41-23(18)33)10-42-25-29-30-31-32(25)2/h3-6,11,15,17-18,23,26,34H,7-10H2,1-2H3,(H,27,36)(H,28,37)(H,39,40)/t11?,15?,17?,18-,23-/m1/s1. The highest BCUT2D eigenvalue weighted by Crippen LogP contribution is 2.41. The molecule has 3 unspecified atom stereocenters. The van der Waals surface area contributed by atoms with Gasteiger partial charge in [0.2, 0.25) is 17.0 Å². The molecule has 15 nitrogen and oxygen atoms in total. The van der Waals surface area contributed by atoms with Crippen LogP contribution in [0.2, 0.25) is 0 Å². The van der Waals surface area contributed by atoms with E-state index >= 15 is 0 Å². The van der Waals surface area contributed by atoms with E-state index in [4.69, 9.17) is 0 Å². The Balaban J connectivity index is 1.31. The van der Waals surface area contributed by atoms with Crippen LogP contribution in [-0.2, 0) is 31.0 Å². The minimum Gasteiger partial charge on any atom is -0.508 e. The SMILES string of the molecule is CC1CC(=O)C(C(=O)NC(C(=O)N[C@@H]2C(=O)N3C(C(=O)O)=C(CSc4nnnn4C)CS[C@H]23)c2ccc(O)cc2)CN1. The first-order chi connectivity index (χ1) is 20.0. The molecular formula is C25H28N8O7S2. The third-order valence-corrected chi connectivity index (χ3v) is 9.60. The van der Waals surface area contributed by atoms with E-state index in [0.29, 0.717) is 22.0 Å². The average molecular weight is 617 g/mol. The van der Waals surface area contributed by atoms with Gasteiger partial charge in [0.05, 0.1) is 0 Å². The number of aromatic nitrogens is 4. The number of nitrogens with one attached hydrogen (secondary N) is 3. The molecule has 4 heterocycles. The predicted molar refractivity (Wildman–Crippen MR) is 149 cm³/mol. The van der Waals surface area contributed by atoms with Crippen LogP contribution in [0.25, 0.3) is 0 Å². The van der Waals surface area contributed by atoms with E-state index < -0.39 is 47.1 Å². The van der Waals surface area contributed by atoms with E-state index in [1.165, 1.54) is 52.5 Å². The molecule has 5 N–H and O–H groups in total. The number of hydrogen-bond donors (Lipinski definition) is 5. The van der Waals surface area contributed by atoms with Crippen molar-refractivity contribution in [1.29, 1.82) is 0 Å². The zero-order valence-electron chi connectivity index (χ0n) is 22.5. The maximum absolute atomic E-state index is 13.5. The average Bonchev–Trinajstić information content (AvgIpc) is 3.37. The lowest BCUT2D eigenvalue weighted by Crippen LogP contribution is -2.71. The highest BCUT2D eigenvalue weighted by Gasteiger charge is 2.54. The molecule has 5 rings (SSSR count). The Morgan fingerprint density at radius 1 is 1.24 bits per heavy atom. The van der Waals surface area contributed by atoms with Crippen LogP contribution in [0.3, 0.4) is 0 Å². The maximum atomic E-state index is 13.5. The van der Waals surface area contributed by atoms with Crippen molar-refractivity contribution in [2.75, 3.05) is 18.1 Å². The summed E-state index contributed by atoms with van der Waals surface area (Å²) >= 11 is 2.55. The number of carboxylic acids is 1. The van der Waals surface area contributed by atoms with Gasteiger partial charge in [-0.2, -0.15) is 0 Å². The summed E-state index contributed by atoms with van der Waals surface area (Å²) in [5, 5.41) is 39.0. The molecule has 5 atom stereocenters. The second kappa shape index (κ2) is 12.1. The van der Waals surface area contributed by atoms with Crippen molar-refractivity contribution in [1.82, 2.24) is 41.1 Å². The van der Waals surface area contributed by atoms with Crippen LogP contribution in [0.1, 0.15) is 24.9 Å². The van der Waals surface area contributed by atoms with Gasteiger partial charge in [-0.1, -0.05) is 23.9 Å². The lowest BCUT2D eigenvalue weighted by atomic mass is 9.92. The lowest BCUT2D eigenvalue weighted by Gasteiger charge is -2.49. The van der Waals surface area contributed by atoms with E-state index in [-0.39, 0.29) is 42.0 Å². The highest BCUT2D eigenvalue weighted by atomic mass is 32.2. The fourth-order valence-electron chi connectivity index (χ4n) is 4.92. The van der Waals surface area contributed by atoms with E-state index in [2.05, 4.69) is 31.5 Å². The number of amides is 3. The summed E-state index contributed by atoms with van der Waals surface area (Å²) in [5.41, 5.74) is 0.703. The topological polar surface area (TPSA) is 209 Å². The van der Waals surface area contributed by atoms with Gasteiger partial charge in [-0.05, 0) is 40.6 Å². The molecule has 0 bridgehead atoms. The summed E-state index contributed by atoms with van der Waals surface area (Å²) in [5.74, 6) is -3.95. The lowest BCUT2D eigenvalue weighted by molar-refractivity contribution is -0.151. The van der Waals surface area contributed by atoms with Crippen LogP contribution in [-0.4, -0.2) is 100 Å². The normalized spacial score (nSPS) is 24.5.